The molecule has 0 aliphatic carbocycles. The molecular weight excluding hydrogens is 572 g/mol. The first-order valence-electron chi connectivity index (χ1n) is 10.3. The van der Waals surface area contributed by atoms with E-state index in [9.17, 15) is 0 Å². The number of aryl methyl sites for hydroxylation is 5. The van der Waals surface area contributed by atoms with Gasteiger partial charge in [0.15, 0.2) is 0 Å². The SMILES string of the molecule is Cc1cc(C)c(NCCN(Cc2cccc(C)n2)Cc2cccc(C)n2)c(C)c1.[Br-].[Br-].[Fe+2]. The third-order valence-corrected chi connectivity index (χ3v) is 5.07. The summed E-state index contributed by atoms with van der Waals surface area (Å²) in [4.78, 5) is 11.8. The van der Waals surface area contributed by atoms with Crippen LogP contribution in [-0.2, 0) is 30.2 Å². The number of aromatic nitrogens is 2. The molecule has 2 aromatic heterocycles. The zero-order chi connectivity index (χ0) is 20.8. The summed E-state index contributed by atoms with van der Waals surface area (Å²) in [5.74, 6) is 0. The van der Waals surface area contributed by atoms with Crippen molar-refractivity contribution in [3.05, 3.63) is 88.0 Å². The second kappa shape index (κ2) is 14.8. The van der Waals surface area contributed by atoms with E-state index in [1.807, 2.05) is 26.0 Å². The molecule has 3 aromatic rings. The van der Waals surface area contributed by atoms with Gasteiger partial charge in [-0.15, -0.1) is 0 Å². The molecule has 0 aliphatic rings. The molecule has 0 unspecified atom stereocenters. The van der Waals surface area contributed by atoms with E-state index in [-0.39, 0.29) is 51.0 Å². The third-order valence-electron chi connectivity index (χ3n) is 5.07. The topological polar surface area (TPSA) is 41.0 Å². The smallest absolute Gasteiger partial charge is 1.00 e. The molecule has 4 nitrogen and oxygen atoms in total. The number of halogens is 2. The summed E-state index contributed by atoms with van der Waals surface area (Å²) in [6.45, 7) is 14.0. The number of rotatable bonds is 8. The Balaban J connectivity index is 0.00000320. The maximum atomic E-state index is 4.69. The molecule has 174 valence electrons. The fraction of sp³-hybridized carbons (Fsp3) is 0.360. The number of hydrogen-bond acceptors (Lipinski definition) is 4. The summed E-state index contributed by atoms with van der Waals surface area (Å²) in [7, 11) is 0. The van der Waals surface area contributed by atoms with Gasteiger partial charge in [0.05, 0.1) is 11.4 Å². The Hall–Kier alpha value is -1.24. The molecule has 1 N–H and O–H groups in total. The van der Waals surface area contributed by atoms with Gasteiger partial charge < -0.3 is 39.3 Å². The molecular formula is C25H32Br2FeN4. The van der Waals surface area contributed by atoms with E-state index < -0.39 is 0 Å². The van der Waals surface area contributed by atoms with E-state index in [0.717, 1.165) is 49.0 Å². The van der Waals surface area contributed by atoms with Crippen LogP contribution in [0.3, 0.4) is 0 Å². The average Bonchev–Trinajstić information content (AvgIpc) is 2.64. The Morgan fingerprint density at radius 1 is 0.750 bits per heavy atom. The van der Waals surface area contributed by atoms with Crippen LogP contribution >= 0.6 is 0 Å². The molecule has 0 fully saturated rings. The van der Waals surface area contributed by atoms with Crippen molar-refractivity contribution < 1.29 is 51.0 Å². The third kappa shape index (κ3) is 9.32. The zero-order valence-corrected chi connectivity index (χ0v) is 23.7. The second-order valence-corrected chi connectivity index (χ2v) is 7.95. The van der Waals surface area contributed by atoms with Gasteiger partial charge in [0, 0.05) is 43.3 Å². The number of pyridine rings is 2. The first kappa shape index (κ1) is 30.8. The summed E-state index contributed by atoms with van der Waals surface area (Å²) in [5, 5.41) is 3.65. The van der Waals surface area contributed by atoms with Crippen molar-refractivity contribution >= 4 is 5.69 Å². The van der Waals surface area contributed by atoms with Gasteiger partial charge in [-0.1, -0.05) is 29.8 Å². The normalized spacial score (nSPS) is 10.1. The molecule has 7 heteroatoms. The molecule has 0 radical (unpaired) electrons. The van der Waals surface area contributed by atoms with Gasteiger partial charge in [0.25, 0.3) is 0 Å². The van der Waals surface area contributed by atoms with Crippen molar-refractivity contribution in [2.75, 3.05) is 18.4 Å². The zero-order valence-electron chi connectivity index (χ0n) is 19.4. The monoisotopic (exact) mass is 602 g/mol. The summed E-state index contributed by atoms with van der Waals surface area (Å²) in [6.07, 6.45) is 0. The molecule has 2 heterocycles. The van der Waals surface area contributed by atoms with Crippen molar-refractivity contribution in [1.29, 1.82) is 0 Å². The average molecular weight is 604 g/mol. The summed E-state index contributed by atoms with van der Waals surface area (Å²) in [6, 6.07) is 16.9. The van der Waals surface area contributed by atoms with Crippen molar-refractivity contribution in [2.45, 2.75) is 47.7 Å². The van der Waals surface area contributed by atoms with Crippen LogP contribution < -0.4 is 39.3 Å². The molecule has 3 rings (SSSR count). The van der Waals surface area contributed by atoms with Gasteiger partial charge in [-0.3, -0.25) is 14.9 Å². The summed E-state index contributed by atoms with van der Waals surface area (Å²) in [5.41, 5.74) is 9.46. The quantitative estimate of drug-likeness (QED) is 0.341. The molecule has 0 amide bonds. The molecule has 0 spiro atoms. The standard InChI is InChI=1S/C25H32N4.2BrH.Fe/c1-18-14-19(2)25(20(3)15-18)26-12-13-29(16-23-10-6-8-21(4)27-23)17-24-11-7-9-22(5)28-24;;;/h6-11,14-15,26H,12-13,16-17H2,1-5H3;2*1H;/q;;;+2/p-2. The minimum atomic E-state index is 0. The fourth-order valence-corrected chi connectivity index (χ4v) is 3.85. The molecule has 0 saturated heterocycles. The van der Waals surface area contributed by atoms with Gasteiger partial charge in [-0.05, 0) is 70.0 Å². The Morgan fingerprint density at radius 3 is 1.66 bits per heavy atom. The number of anilines is 1. The van der Waals surface area contributed by atoms with Crippen LogP contribution in [0.1, 0.15) is 39.5 Å². The largest absolute Gasteiger partial charge is 2.00 e. The Morgan fingerprint density at radius 2 is 1.22 bits per heavy atom. The maximum Gasteiger partial charge on any atom is 2.00 e. The molecule has 0 aliphatic heterocycles. The van der Waals surface area contributed by atoms with E-state index in [1.54, 1.807) is 0 Å². The van der Waals surface area contributed by atoms with E-state index in [4.69, 9.17) is 9.97 Å². The van der Waals surface area contributed by atoms with Crippen LogP contribution in [0.4, 0.5) is 5.69 Å². The minimum absolute atomic E-state index is 0. The molecule has 0 bridgehead atoms. The van der Waals surface area contributed by atoms with E-state index in [2.05, 4.69) is 67.4 Å². The number of benzene rings is 1. The minimum Gasteiger partial charge on any atom is -1.00 e. The van der Waals surface area contributed by atoms with Gasteiger partial charge in [-0.2, -0.15) is 0 Å². The Kier molecular flexibility index (Phi) is 14.2. The molecule has 1 aromatic carbocycles. The van der Waals surface area contributed by atoms with Crippen molar-refractivity contribution in [1.82, 2.24) is 14.9 Å². The van der Waals surface area contributed by atoms with Gasteiger partial charge >= 0.3 is 17.1 Å². The summed E-state index contributed by atoms with van der Waals surface area (Å²) < 4.78 is 0. The molecule has 0 saturated carbocycles. The van der Waals surface area contributed by atoms with E-state index >= 15 is 0 Å². The van der Waals surface area contributed by atoms with E-state index in [0.29, 0.717) is 0 Å². The first-order valence-corrected chi connectivity index (χ1v) is 10.3. The van der Waals surface area contributed by atoms with Crippen molar-refractivity contribution in [2.24, 2.45) is 0 Å². The van der Waals surface area contributed by atoms with Crippen LogP contribution in [0.25, 0.3) is 0 Å². The van der Waals surface area contributed by atoms with Crippen molar-refractivity contribution in [3.63, 3.8) is 0 Å². The Bertz CT molecular complexity index is 911. The predicted molar refractivity (Wildman–Crippen MR) is 121 cm³/mol. The van der Waals surface area contributed by atoms with Crippen LogP contribution in [-0.4, -0.2) is 28.0 Å². The predicted octanol–water partition coefficient (Wildman–Crippen LogP) is -0.861. The second-order valence-electron chi connectivity index (χ2n) is 7.95. The fourth-order valence-electron chi connectivity index (χ4n) is 3.85. The van der Waals surface area contributed by atoms with Crippen molar-refractivity contribution in [3.8, 4) is 0 Å². The first-order chi connectivity index (χ1) is 13.9. The van der Waals surface area contributed by atoms with Crippen LogP contribution in [0.5, 0.6) is 0 Å². The Labute approximate surface area is 224 Å². The maximum absolute atomic E-state index is 4.69. The van der Waals surface area contributed by atoms with Gasteiger partial charge in [0.1, 0.15) is 0 Å². The van der Waals surface area contributed by atoms with Crippen LogP contribution in [0.2, 0.25) is 0 Å². The number of nitrogens with zero attached hydrogens (tertiary/aromatic N) is 3. The number of hydrogen-bond donors (Lipinski definition) is 1. The van der Waals surface area contributed by atoms with E-state index in [1.165, 1.54) is 22.4 Å². The summed E-state index contributed by atoms with van der Waals surface area (Å²) >= 11 is 0. The molecule has 0 atom stereocenters. The van der Waals surface area contributed by atoms with Crippen LogP contribution in [0, 0.1) is 34.6 Å². The van der Waals surface area contributed by atoms with Gasteiger partial charge in [-0.25, -0.2) is 0 Å². The van der Waals surface area contributed by atoms with Gasteiger partial charge in [0.2, 0.25) is 0 Å². The molecule has 32 heavy (non-hydrogen) atoms. The van der Waals surface area contributed by atoms with Crippen LogP contribution in [0.15, 0.2) is 48.5 Å². The number of nitrogens with one attached hydrogen (secondary N) is 1.